The van der Waals surface area contributed by atoms with Crippen LogP contribution < -0.4 is 0 Å². The number of pyridine rings is 1. The SMILES string of the molecule is N#Cc1ccc(-c2nc(C(F)(F)F)cn2Cc2ncc(Cl)cn2)nc1. The molecule has 126 valence electrons. The summed E-state index contributed by atoms with van der Waals surface area (Å²) in [6.45, 7) is -0.0444. The molecule has 0 N–H and O–H groups in total. The van der Waals surface area contributed by atoms with Crippen molar-refractivity contribution in [1.82, 2.24) is 24.5 Å². The third-order valence-electron chi connectivity index (χ3n) is 3.17. The van der Waals surface area contributed by atoms with Crippen LogP contribution in [0, 0.1) is 11.3 Å². The second kappa shape index (κ2) is 6.49. The van der Waals surface area contributed by atoms with Crippen molar-refractivity contribution in [3.8, 4) is 17.6 Å². The van der Waals surface area contributed by atoms with Crippen LogP contribution in [0.15, 0.2) is 36.9 Å². The molecule has 0 saturated heterocycles. The molecular weight excluding hydrogens is 357 g/mol. The maximum Gasteiger partial charge on any atom is 0.434 e. The van der Waals surface area contributed by atoms with Crippen molar-refractivity contribution < 1.29 is 13.2 Å². The number of imidazole rings is 1. The number of rotatable bonds is 3. The van der Waals surface area contributed by atoms with Gasteiger partial charge < -0.3 is 4.57 Å². The summed E-state index contributed by atoms with van der Waals surface area (Å²) >= 11 is 5.71. The van der Waals surface area contributed by atoms with Crippen molar-refractivity contribution in [1.29, 1.82) is 5.26 Å². The van der Waals surface area contributed by atoms with Gasteiger partial charge in [0.2, 0.25) is 0 Å². The fraction of sp³-hybridized carbons (Fsp3) is 0.133. The Kier molecular flexibility index (Phi) is 4.37. The lowest BCUT2D eigenvalue weighted by atomic mass is 10.2. The summed E-state index contributed by atoms with van der Waals surface area (Å²) in [4.78, 5) is 15.6. The van der Waals surface area contributed by atoms with Crippen LogP contribution in [-0.4, -0.2) is 24.5 Å². The maximum absolute atomic E-state index is 13.0. The summed E-state index contributed by atoms with van der Waals surface area (Å²) < 4.78 is 40.3. The second-order valence-electron chi connectivity index (χ2n) is 4.94. The molecule has 0 atom stereocenters. The normalized spacial score (nSPS) is 11.3. The summed E-state index contributed by atoms with van der Waals surface area (Å²) in [6.07, 6.45) is 0.233. The van der Waals surface area contributed by atoms with E-state index in [-0.39, 0.29) is 23.9 Å². The van der Waals surface area contributed by atoms with Crippen molar-refractivity contribution in [2.45, 2.75) is 12.7 Å². The highest BCUT2D eigenvalue weighted by Gasteiger charge is 2.35. The number of hydrogen-bond donors (Lipinski definition) is 0. The zero-order valence-electron chi connectivity index (χ0n) is 12.4. The molecule has 0 saturated carbocycles. The zero-order chi connectivity index (χ0) is 18.0. The lowest BCUT2D eigenvalue weighted by molar-refractivity contribution is -0.140. The molecule has 25 heavy (non-hydrogen) atoms. The van der Waals surface area contributed by atoms with E-state index in [1.165, 1.54) is 35.3 Å². The van der Waals surface area contributed by atoms with Crippen LogP contribution in [0.1, 0.15) is 17.1 Å². The topological polar surface area (TPSA) is 80.3 Å². The van der Waals surface area contributed by atoms with Gasteiger partial charge in [-0.25, -0.2) is 15.0 Å². The molecule has 0 radical (unpaired) electrons. The zero-order valence-corrected chi connectivity index (χ0v) is 13.1. The highest BCUT2D eigenvalue weighted by molar-refractivity contribution is 6.30. The van der Waals surface area contributed by atoms with Crippen molar-refractivity contribution in [3.63, 3.8) is 0 Å². The molecule has 0 amide bonds. The van der Waals surface area contributed by atoms with Gasteiger partial charge in [-0.3, -0.25) is 4.98 Å². The summed E-state index contributed by atoms with van der Waals surface area (Å²) in [5.74, 6) is 0.265. The van der Waals surface area contributed by atoms with Crippen molar-refractivity contribution in [3.05, 3.63) is 59.0 Å². The quantitative estimate of drug-likeness (QED) is 0.712. The fourth-order valence-electron chi connectivity index (χ4n) is 2.04. The van der Waals surface area contributed by atoms with E-state index >= 15 is 0 Å². The van der Waals surface area contributed by atoms with E-state index in [0.717, 1.165) is 6.20 Å². The van der Waals surface area contributed by atoms with E-state index < -0.39 is 11.9 Å². The molecule has 6 nitrogen and oxygen atoms in total. The Balaban J connectivity index is 2.04. The molecular formula is C15H8ClF3N6. The van der Waals surface area contributed by atoms with Crippen LogP contribution in [0.3, 0.4) is 0 Å². The van der Waals surface area contributed by atoms with Crippen LogP contribution in [0.4, 0.5) is 13.2 Å². The molecule has 3 heterocycles. The number of halogens is 4. The van der Waals surface area contributed by atoms with Gasteiger partial charge in [0.05, 0.1) is 17.1 Å². The third kappa shape index (κ3) is 3.75. The van der Waals surface area contributed by atoms with E-state index in [1.54, 1.807) is 0 Å². The number of alkyl halides is 3. The van der Waals surface area contributed by atoms with Gasteiger partial charge in [-0.15, -0.1) is 0 Å². The van der Waals surface area contributed by atoms with E-state index in [2.05, 4.69) is 19.9 Å². The van der Waals surface area contributed by atoms with Gasteiger partial charge in [-0.1, -0.05) is 11.6 Å². The van der Waals surface area contributed by atoms with Gasteiger partial charge in [0, 0.05) is 24.8 Å². The Morgan fingerprint density at radius 3 is 2.40 bits per heavy atom. The molecule has 0 bridgehead atoms. The van der Waals surface area contributed by atoms with E-state index in [0.29, 0.717) is 10.6 Å². The molecule has 3 rings (SSSR count). The summed E-state index contributed by atoms with van der Waals surface area (Å²) in [7, 11) is 0. The largest absolute Gasteiger partial charge is 0.434 e. The van der Waals surface area contributed by atoms with Crippen LogP contribution in [0.5, 0.6) is 0 Å². The Morgan fingerprint density at radius 2 is 1.84 bits per heavy atom. The smallest absolute Gasteiger partial charge is 0.321 e. The molecule has 0 aliphatic carbocycles. The molecule has 0 aliphatic rings. The predicted octanol–water partition coefficient (Wildman–Crippen LogP) is 3.33. The Bertz CT molecular complexity index is 926. The minimum absolute atomic E-state index is 0.00429. The number of aromatic nitrogens is 5. The first-order valence-electron chi connectivity index (χ1n) is 6.84. The average Bonchev–Trinajstić information content (AvgIpc) is 3.01. The first kappa shape index (κ1) is 16.9. The van der Waals surface area contributed by atoms with Gasteiger partial charge in [-0.05, 0) is 12.1 Å². The maximum atomic E-state index is 13.0. The molecule has 0 spiro atoms. The fourth-order valence-corrected chi connectivity index (χ4v) is 2.14. The van der Waals surface area contributed by atoms with Crippen LogP contribution in [0.2, 0.25) is 5.02 Å². The molecule has 0 fully saturated rings. The molecule has 3 aromatic heterocycles. The van der Waals surface area contributed by atoms with Crippen molar-refractivity contribution >= 4 is 11.6 Å². The van der Waals surface area contributed by atoms with Crippen molar-refractivity contribution in [2.75, 3.05) is 0 Å². The molecule has 0 aromatic carbocycles. The first-order chi connectivity index (χ1) is 11.9. The minimum Gasteiger partial charge on any atom is -0.321 e. The lowest BCUT2D eigenvalue weighted by Gasteiger charge is -2.06. The van der Waals surface area contributed by atoms with Gasteiger partial charge in [-0.2, -0.15) is 18.4 Å². The Hall–Kier alpha value is -2.99. The lowest BCUT2D eigenvalue weighted by Crippen LogP contribution is -2.06. The second-order valence-corrected chi connectivity index (χ2v) is 5.37. The van der Waals surface area contributed by atoms with Gasteiger partial charge >= 0.3 is 6.18 Å². The Morgan fingerprint density at radius 1 is 1.12 bits per heavy atom. The first-order valence-corrected chi connectivity index (χ1v) is 7.22. The van der Waals surface area contributed by atoms with E-state index in [4.69, 9.17) is 16.9 Å². The molecule has 0 unspecified atom stereocenters. The monoisotopic (exact) mass is 364 g/mol. The number of nitrogens with zero attached hydrogens (tertiary/aromatic N) is 6. The number of nitriles is 1. The van der Waals surface area contributed by atoms with Crippen LogP contribution in [0.25, 0.3) is 11.5 Å². The number of hydrogen-bond acceptors (Lipinski definition) is 5. The summed E-state index contributed by atoms with van der Waals surface area (Å²) in [6, 6.07) is 4.78. The third-order valence-corrected chi connectivity index (χ3v) is 3.37. The minimum atomic E-state index is -4.60. The standard InChI is InChI=1S/C15H8ClF3N6/c16-10-5-22-13(23-6-10)8-25-7-12(15(17,18)19)24-14(25)11-2-1-9(3-20)4-21-11/h1-2,4-7H,8H2. The highest BCUT2D eigenvalue weighted by atomic mass is 35.5. The van der Waals surface area contributed by atoms with Crippen LogP contribution in [-0.2, 0) is 12.7 Å². The van der Waals surface area contributed by atoms with E-state index in [1.807, 2.05) is 6.07 Å². The molecule has 3 aromatic rings. The van der Waals surface area contributed by atoms with Gasteiger partial charge in [0.25, 0.3) is 0 Å². The molecule has 10 heteroatoms. The van der Waals surface area contributed by atoms with Crippen LogP contribution >= 0.6 is 11.6 Å². The predicted molar refractivity (Wildman–Crippen MR) is 81.3 cm³/mol. The van der Waals surface area contributed by atoms with Gasteiger partial charge in [0.15, 0.2) is 11.5 Å². The van der Waals surface area contributed by atoms with Gasteiger partial charge in [0.1, 0.15) is 17.6 Å². The van der Waals surface area contributed by atoms with Crippen molar-refractivity contribution in [2.24, 2.45) is 0 Å². The molecule has 0 aliphatic heterocycles. The summed E-state index contributed by atoms with van der Waals surface area (Å²) in [5, 5.41) is 9.11. The average molecular weight is 365 g/mol. The Labute approximate surface area is 144 Å². The van der Waals surface area contributed by atoms with E-state index in [9.17, 15) is 13.2 Å². The summed E-state index contributed by atoms with van der Waals surface area (Å²) in [5.41, 5.74) is -0.565. The highest BCUT2D eigenvalue weighted by Crippen LogP contribution is 2.30.